The van der Waals surface area contributed by atoms with E-state index in [1.54, 1.807) is 0 Å². The zero-order valence-electron chi connectivity index (χ0n) is 26.6. The fourth-order valence-electron chi connectivity index (χ4n) is 7.49. The van der Waals surface area contributed by atoms with Gasteiger partial charge in [-0.05, 0) is 77.2 Å². The number of fused-ring (bicyclic) bond motifs is 7. The van der Waals surface area contributed by atoms with E-state index in [4.69, 9.17) is 0 Å². The van der Waals surface area contributed by atoms with Crippen LogP contribution in [0.4, 0.5) is 17.1 Å². The van der Waals surface area contributed by atoms with E-state index in [1.165, 1.54) is 63.9 Å². The van der Waals surface area contributed by atoms with Crippen LogP contribution in [0, 0.1) is 0 Å². The van der Waals surface area contributed by atoms with E-state index in [0.717, 1.165) is 22.7 Å². The molecule has 8 aromatic carbocycles. The molecule has 10 aromatic rings. The summed E-state index contributed by atoms with van der Waals surface area (Å²) >= 11 is 1.87. The number of thiophene rings is 1. The minimum atomic E-state index is 1.11. The Morgan fingerprint density at radius 1 is 0.388 bits per heavy atom. The van der Waals surface area contributed by atoms with Crippen LogP contribution >= 0.6 is 11.3 Å². The van der Waals surface area contributed by atoms with Crippen LogP contribution in [-0.4, -0.2) is 4.57 Å². The van der Waals surface area contributed by atoms with E-state index < -0.39 is 0 Å². The Morgan fingerprint density at radius 3 is 1.90 bits per heavy atom. The van der Waals surface area contributed by atoms with Gasteiger partial charge in [-0.15, -0.1) is 11.3 Å². The minimum Gasteiger partial charge on any atom is -0.310 e. The minimum absolute atomic E-state index is 1.11. The highest BCUT2D eigenvalue weighted by Gasteiger charge is 2.19. The molecular formula is C46H30N2S. The SMILES string of the molecule is c1ccc(-n2c3ccccc3c3ccc(N(c4ccc(-c5ccc6c(c5)sc5ccccc56)cc4)c4cccc5ccccc45)cc32)cc1. The summed E-state index contributed by atoms with van der Waals surface area (Å²) in [5.74, 6) is 0. The van der Waals surface area contributed by atoms with E-state index in [0.29, 0.717) is 0 Å². The van der Waals surface area contributed by atoms with Gasteiger partial charge in [0.1, 0.15) is 0 Å². The van der Waals surface area contributed by atoms with Crippen molar-refractivity contribution in [2.45, 2.75) is 0 Å². The lowest BCUT2D eigenvalue weighted by molar-refractivity contribution is 1.18. The Hall–Kier alpha value is -6.16. The molecule has 0 atom stereocenters. The van der Waals surface area contributed by atoms with Gasteiger partial charge >= 0.3 is 0 Å². The lowest BCUT2D eigenvalue weighted by Gasteiger charge is -2.27. The molecule has 0 N–H and O–H groups in total. The third kappa shape index (κ3) is 4.55. The highest BCUT2D eigenvalue weighted by molar-refractivity contribution is 7.25. The number of rotatable bonds is 5. The normalized spacial score (nSPS) is 11.7. The maximum atomic E-state index is 2.41. The molecule has 0 spiro atoms. The molecule has 0 fully saturated rings. The zero-order chi connectivity index (χ0) is 32.3. The molecule has 2 nitrogen and oxygen atoms in total. The lowest BCUT2D eigenvalue weighted by atomic mass is 10.0. The first kappa shape index (κ1) is 27.9. The van der Waals surface area contributed by atoms with E-state index in [-0.39, 0.29) is 0 Å². The third-order valence-electron chi connectivity index (χ3n) is 9.78. The third-order valence-corrected chi connectivity index (χ3v) is 10.9. The Labute approximate surface area is 288 Å². The summed E-state index contributed by atoms with van der Waals surface area (Å²) in [6.45, 7) is 0. The van der Waals surface area contributed by atoms with Crippen molar-refractivity contribution in [1.82, 2.24) is 4.57 Å². The second kappa shape index (κ2) is 11.2. The fraction of sp³-hybridized carbons (Fsp3) is 0. The molecule has 0 saturated heterocycles. The van der Waals surface area contributed by atoms with Crippen molar-refractivity contribution >= 4 is 81.1 Å². The molecule has 10 rings (SSSR count). The molecule has 0 unspecified atom stereocenters. The highest BCUT2D eigenvalue weighted by atomic mass is 32.1. The van der Waals surface area contributed by atoms with E-state index in [1.807, 2.05) is 11.3 Å². The van der Waals surface area contributed by atoms with Crippen molar-refractivity contribution in [3.05, 3.63) is 182 Å². The summed E-state index contributed by atoms with van der Waals surface area (Å²) in [5.41, 5.74) is 9.37. The lowest BCUT2D eigenvalue weighted by Crippen LogP contribution is -2.10. The summed E-state index contributed by atoms with van der Waals surface area (Å²) in [7, 11) is 0. The molecular weight excluding hydrogens is 613 g/mol. The summed E-state index contributed by atoms with van der Waals surface area (Å²) < 4.78 is 5.05. The number of hydrogen-bond donors (Lipinski definition) is 0. The maximum absolute atomic E-state index is 2.41. The van der Waals surface area contributed by atoms with Gasteiger partial charge in [0.05, 0.1) is 16.7 Å². The average Bonchev–Trinajstić information content (AvgIpc) is 3.71. The smallest absolute Gasteiger partial charge is 0.0561 e. The zero-order valence-corrected chi connectivity index (χ0v) is 27.4. The average molecular weight is 643 g/mol. The highest BCUT2D eigenvalue weighted by Crippen LogP contribution is 2.43. The topological polar surface area (TPSA) is 8.17 Å². The summed E-state index contributed by atoms with van der Waals surface area (Å²) in [5, 5.41) is 7.59. The van der Waals surface area contributed by atoms with Crippen LogP contribution in [-0.2, 0) is 0 Å². The molecule has 2 heterocycles. The molecule has 0 aliphatic rings. The maximum Gasteiger partial charge on any atom is 0.0561 e. The molecule has 2 aromatic heterocycles. The molecule has 49 heavy (non-hydrogen) atoms. The van der Waals surface area contributed by atoms with E-state index in [2.05, 4.69) is 191 Å². The van der Waals surface area contributed by atoms with Gasteiger partial charge in [-0.1, -0.05) is 121 Å². The van der Waals surface area contributed by atoms with Gasteiger partial charge < -0.3 is 9.47 Å². The van der Waals surface area contributed by atoms with Crippen molar-refractivity contribution in [2.24, 2.45) is 0 Å². The number of hydrogen-bond acceptors (Lipinski definition) is 2. The summed E-state index contributed by atoms with van der Waals surface area (Å²) in [6, 6.07) is 66.2. The quantitative estimate of drug-likeness (QED) is 0.181. The van der Waals surface area contributed by atoms with Gasteiger partial charge in [-0.2, -0.15) is 0 Å². The van der Waals surface area contributed by atoms with Crippen LogP contribution in [0.3, 0.4) is 0 Å². The van der Waals surface area contributed by atoms with Gasteiger partial charge in [0.15, 0.2) is 0 Å². The Kier molecular flexibility index (Phi) is 6.39. The van der Waals surface area contributed by atoms with Crippen LogP contribution in [0.2, 0.25) is 0 Å². The number of anilines is 3. The fourth-order valence-corrected chi connectivity index (χ4v) is 8.64. The van der Waals surface area contributed by atoms with Crippen LogP contribution in [0.5, 0.6) is 0 Å². The largest absolute Gasteiger partial charge is 0.310 e. The number of benzene rings is 8. The molecule has 0 bridgehead atoms. The van der Waals surface area contributed by atoms with Crippen LogP contribution in [0.1, 0.15) is 0 Å². The Balaban J connectivity index is 1.15. The molecule has 0 saturated carbocycles. The molecule has 0 aliphatic heterocycles. The summed E-state index contributed by atoms with van der Waals surface area (Å²) in [6.07, 6.45) is 0. The van der Waals surface area contributed by atoms with Gasteiger partial charge in [0, 0.05) is 53.4 Å². The van der Waals surface area contributed by atoms with E-state index >= 15 is 0 Å². The van der Waals surface area contributed by atoms with Crippen molar-refractivity contribution in [1.29, 1.82) is 0 Å². The standard InChI is InChI=1S/C46H30N2S/c1-2-13-34(14-3-1)48-43-18-8-6-16-38(43)39-28-26-36(30-44(39)48)47(42-19-10-12-32-11-4-5-15-37(32)42)35-24-21-31(22-25-35)33-23-27-41-40-17-7-9-20-45(40)49-46(41)29-33/h1-30H. The van der Waals surface area contributed by atoms with Crippen molar-refractivity contribution < 1.29 is 0 Å². The monoisotopic (exact) mass is 642 g/mol. The van der Waals surface area contributed by atoms with Gasteiger partial charge in [0.25, 0.3) is 0 Å². The van der Waals surface area contributed by atoms with Crippen molar-refractivity contribution in [3.63, 3.8) is 0 Å². The van der Waals surface area contributed by atoms with E-state index in [9.17, 15) is 0 Å². The van der Waals surface area contributed by atoms with Crippen molar-refractivity contribution in [2.75, 3.05) is 4.90 Å². The Bertz CT molecular complexity index is 2820. The molecule has 0 aliphatic carbocycles. The van der Waals surface area contributed by atoms with Gasteiger partial charge in [0.2, 0.25) is 0 Å². The predicted molar refractivity (Wildman–Crippen MR) is 211 cm³/mol. The number of nitrogens with zero attached hydrogens (tertiary/aromatic N) is 2. The molecule has 0 amide bonds. The first-order valence-corrected chi connectivity index (χ1v) is 17.5. The predicted octanol–water partition coefficient (Wildman–Crippen LogP) is 13.4. The van der Waals surface area contributed by atoms with Crippen LogP contribution in [0.25, 0.3) is 69.6 Å². The molecule has 230 valence electrons. The number of para-hydroxylation sites is 2. The van der Waals surface area contributed by atoms with Crippen LogP contribution in [0.15, 0.2) is 182 Å². The van der Waals surface area contributed by atoms with Crippen molar-refractivity contribution in [3.8, 4) is 16.8 Å². The first-order chi connectivity index (χ1) is 24.3. The number of aromatic nitrogens is 1. The molecule has 3 heteroatoms. The molecule has 0 radical (unpaired) electrons. The Morgan fingerprint density at radius 2 is 1.02 bits per heavy atom. The summed E-state index contributed by atoms with van der Waals surface area (Å²) in [4.78, 5) is 2.41. The van der Waals surface area contributed by atoms with Gasteiger partial charge in [-0.3, -0.25) is 0 Å². The second-order valence-corrected chi connectivity index (χ2v) is 13.7. The first-order valence-electron chi connectivity index (χ1n) is 16.7. The second-order valence-electron chi connectivity index (χ2n) is 12.6. The van der Waals surface area contributed by atoms with Crippen LogP contribution < -0.4 is 4.90 Å². The van der Waals surface area contributed by atoms with Gasteiger partial charge in [-0.25, -0.2) is 0 Å².